The molecule has 0 atom stereocenters. The van der Waals surface area contributed by atoms with Crippen LogP contribution < -0.4 is 0 Å². The molecule has 0 unspecified atom stereocenters. The third kappa shape index (κ3) is 50.6. The summed E-state index contributed by atoms with van der Waals surface area (Å²) in [5.41, 5.74) is 0. The van der Waals surface area contributed by atoms with Gasteiger partial charge in [-0.2, -0.15) is 0 Å². The number of carbonyl (C=O) groups is 3. The van der Waals surface area contributed by atoms with Gasteiger partial charge in [-0.15, -0.1) is 35.1 Å². The Morgan fingerprint density at radius 2 is 0.967 bits per heavy atom. The predicted octanol–water partition coefficient (Wildman–Crippen LogP) is 9.57. The smallest absolute Gasteiger partial charge is 0.461 e. The van der Waals surface area contributed by atoms with Crippen LogP contribution in [0.4, 0.5) is 43.9 Å². The molecule has 0 aromatic rings. The van der Waals surface area contributed by atoms with Crippen molar-refractivity contribution in [3.8, 4) is 0 Å². The van der Waals surface area contributed by atoms with Crippen LogP contribution in [0, 0.1) is 0 Å². The van der Waals surface area contributed by atoms with Gasteiger partial charge in [-0.3, -0.25) is 13.6 Å². The largest absolute Gasteiger partial charge is 0.559 e. The highest BCUT2D eigenvalue weighted by Crippen LogP contribution is 2.25. The molecule has 1 heterocycles. The maximum Gasteiger partial charge on any atom is 0.559 e. The summed E-state index contributed by atoms with van der Waals surface area (Å²) in [5, 5.41) is 8.59. The first-order valence-electron chi connectivity index (χ1n) is 20.0. The quantitative estimate of drug-likeness (QED) is 0.0266. The standard InChI is InChI=1S/C22H40FNO7Si2.C12H29FO3Si2.2CF4/c1-32(2,18-6-11-23)31-33(3,4)19-7-14-28-16-17-30-22(27)10-9-21(26)29-15-13-24-12-5-8-20(24)25;1-17(2,11-5-7-13)16-18(3,4)12-6-9-15-10-8-14;2*2-1(3,4)5/h9-10H,5-8,11-19H2,1-4H3;14H,5-12H2,1-4H3;;/b10-9+;;;. The van der Waals surface area contributed by atoms with E-state index >= 15 is 0 Å². The van der Waals surface area contributed by atoms with Crippen LogP contribution >= 0.6 is 0 Å². The Labute approximate surface area is 358 Å². The molecule has 1 fully saturated rings. The van der Waals surface area contributed by atoms with Crippen molar-refractivity contribution in [3.05, 3.63) is 12.2 Å². The molecule has 25 heteroatoms. The van der Waals surface area contributed by atoms with Gasteiger partial charge in [0.25, 0.3) is 0 Å². The zero-order valence-corrected chi connectivity index (χ0v) is 40.9. The molecule has 0 bridgehead atoms. The van der Waals surface area contributed by atoms with Crippen LogP contribution in [0.3, 0.4) is 0 Å². The molecule has 0 radical (unpaired) electrons. The Hall–Kier alpha value is -1.88. The van der Waals surface area contributed by atoms with E-state index in [1.807, 2.05) is 0 Å². The van der Waals surface area contributed by atoms with E-state index in [9.17, 15) is 58.3 Å². The molecule has 1 saturated heterocycles. The van der Waals surface area contributed by atoms with Gasteiger partial charge in [-0.1, -0.05) is 0 Å². The summed E-state index contributed by atoms with van der Waals surface area (Å²) in [6, 6.07) is 3.76. The van der Waals surface area contributed by atoms with E-state index in [0.29, 0.717) is 52.2 Å². The van der Waals surface area contributed by atoms with Crippen molar-refractivity contribution in [2.45, 2.75) is 128 Å². The number of halogens is 10. The van der Waals surface area contributed by atoms with Gasteiger partial charge in [-0.25, -0.2) is 9.59 Å². The minimum atomic E-state index is -5.50. The molecule has 0 saturated carbocycles. The Morgan fingerprint density at radius 1 is 0.607 bits per heavy atom. The van der Waals surface area contributed by atoms with Crippen LogP contribution in [-0.2, 0) is 41.6 Å². The van der Waals surface area contributed by atoms with Gasteiger partial charge in [0, 0.05) is 38.3 Å². The van der Waals surface area contributed by atoms with Crippen molar-refractivity contribution in [2.75, 3.05) is 72.7 Å². The van der Waals surface area contributed by atoms with Gasteiger partial charge in [0.15, 0.2) is 33.3 Å². The number of alkyl halides is 10. The minimum Gasteiger partial charge on any atom is -0.461 e. The fraction of sp³-hybridized carbons (Fsp3) is 0.861. The molecule has 0 aliphatic carbocycles. The van der Waals surface area contributed by atoms with Crippen LogP contribution in [0.5, 0.6) is 0 Å². The Morgan fingerprint density at radius 3 is 1.31 bits per heavy atom. The number of amides is 1. The Bertz CT molecular complexity index is 1180. The SMILES string of the molecule is C[Si](C)(CCCF)O[Si](C)(C)CCCOCCO.C[Si](C)(CCCF)O[Si](C)(C)CCCOCCOC(=O)/C=C/C(=O)OCCN1CCCC1=O.FC(F)(F)F.FC(F)(F)F. The zero-order valence-electron chi connectivity index (χ0n) is 36.9. The summed E-state index contributed by atoms with van der Waals surface area (Å²) in [7, 11) is -6.98. The van der Waals surface area contributed by atoms with Gasteiger partial charge < -0.3 is 37.2 Å². The lowest BCUT2D eigenvalue weighted by Crippen LogP contribution is -2.44. The molecule has 1 N–H and O–H groups in total. The first-order valence-corrected chi connectivity index (χ1v) is 32.4. The Balaban J connectivity index is -0.000000996. The van der Waals surface area contributed by atoms with E-state index < -0.39 is 58.1 Å². The zero-order chi connectivity index (χ0) is 47.8. The van der Waals surface area contributed by atoms with Crippen LogP contribution in [0.2, 0.25) is 76.6 Å². The molecule has 0 aromatic carbocycles. The maximum absolute atomic E-state index is 12.4. The van der Waals surface area contributed by atoms with Crippen LogP contribution in [-0.4, -0.2) is 147 Å². The summed E-state index contributed by atoms with van der Waals surface area (Å²) < 4.78 is 136. The molecule has 1 aliphatic heterocycles. The lowest BCUT2D eigenvalue weighted by Gasteiger charge is -2.34. The summed E-state index contributed by atoms with van der Waals surface area (Å²) >= 11 is 0. The summed E-state index contributed by atoms with van der Waals surface area (Å²) in [4.78, 5) is 36.4. The predicted molar refractivity (Wildman–Crippen MR) is 222 cm³/mol. The number of hydrogen-bond donors (Lipinski definition) is 1. The van der Waals surface area contributed by atoms with Crippen molar-refractivity contribution < 1.29 is 90.6 Å². The van der Waals surface area contributed by atoms with Crippen molar-refractivity contribution in [2.24, 2.45) is 0 Å². The number of rotatable bonds is 28. The van der Waals surface area contributed by atoms with Crippen LogP contribution in [0.15, 0.2) is 12.2 Å². The van der Waals surface area contributed by atoms with Gasteiger partial charge in [0.2, 0.25) is 5.91 Å². The van der Waals surface area contributed by atoms with E-state index in [2.05, 4.69) is 52.4 Å². The molecule has 0 aromatic heterocycles. The third-order valence-electron chi connectivity index (χ3n) is 7.91. The van der Waals surface area contributed by atoms with Crippen molar-refractivity contribution in [3.63, 3.8) is 0 Å². The molecule has 364 valence electrons. The maximum atomic E-state index is 12.4. The Kier molecular flexibility index (Phi) is 34.9. The van der Waals surface area contributed by atoms with E-state index in [1.54, 1.807) is 4.90 Å². The number of nitrogens with zero attached hydrogens (tertiary/aromatic N) is 1. The number of carbonyl (C=O) groups excluding carboxylic acids is 3. The number of hydrogen-bond acceptors (Lipinski definition) is 10. The first-order chi connectivity index (χ1) is 27.9. The summed E-state index contributed by atoms with van der Waals surface area (Å²) in [5.74, 6) is -1.23. The highest BCUT2D eigenvalue weighted by atomic mass is 28.4. The highest BCUT2D eigenvalue weighted by molar-refractivity contribution is 6.85. The van der Waals surface area contributed by atoms with E-state index in [0.717, 1.165) is 55.6 Å². The fourth-order valence-corrected chi connectivity index (χ4v) is 23.3. The van der Waals surface area contributed by atoms with Crippen molar-refractivity contribution in [1.29, 1.82) is 0 Å². The van der Waals surface area contributed by atoms with Gasteiger partial charge in [-0.05, 0) is 109 Å². The van der Waals surface area contributed by atoms with Gasteiger partial charge in [0.1, 0.15) is 13.2 Å². The average Bonchev–Trinajstić information content (AvgIpc) is 3.50. The van der Waals surface area contributed by atoms with Gasteiger partial charge in [0.05, 0.1) is 39.7 Å². The molecule has 1 rings (SSSR count). The van der Waals surface area contributed by atoms with E-state index in [4.69, 9.17) is 32.3 Å². The minimum absolute atomic E-state index is 0.0716. The van der Waals surface area contributed by atoms with Crippen molar-refractivity contribution >= 4 is 51.1 Å². The lowest BCUT2D eigenvalue weighted by molar-refractivity contribution is -0.238. The van der Waals surface area contributed by atoms with Crippen LogP contribution in [0.1, 0.15) is 38.5 Å². The van der Waals surface area contributed by atoms with E-state index in [-0.39, 0.29) is 45.7 Å². The highest BCUT2D eigenvalue weighted by Gasteiger charge is 2.33. The number of likely N-dealkylation sites (tertiary alicyclic amines) is 1. The second-order valence-electron chi connectivity index (χ2n) is 16.0. The molecule has 61 heavy (non-hydrogen) atoms. The molecular formula is C36H69F10NO10Si4. The normalized spacial score (nSPS) is 13.8. The van der Waals surface area contributed by atoms with E-state index in [1.165, 1.54) is 0 Å². The fourth-order valence-electron chi connectivity index (χ4n) is 5.78. The average molecular weight is 978 g/mol. The topological polar surface area (TPSA) is 130 Å². The summed E-state index contributed by atoms with van der Waals surface area (Å²) in [6.07, 6.45) is -4.56. The monoisotopic (exact) mass is 977 g/mol. The van der Waals surface area contributed by atoms with Crippen molar-refractivity contribution in [1.82, 2.24) is 4.90 Å². The molecule has 0 spiro atoms. The third-order valence-corrected chi connectivity index (χ3v) is 23.0. The van der Waals surface area contributed by atoms with Crippen LogP contribution in [0.25, 0.3) is 0 Å². The van der Waals surface area contributed by atoms with Gasteiger partial charge >= 0.3 is 24.8 Å². The number of esters is 2. The molecule has 11 nitrogen and oxygen atoms in total. The number of ether oxygens (including phenoxy) is 4. The molecular weight excluding hydrogens is 909 g/mol. The lowest BCUT2D eigenvalue weighted by atomic mass is 10.4. The summed E-state index contributed by atoms with van der Waals surface area (Å²) in [6.45, 7) is 20.2. The number of aliphatic hydroxyl groups is 1. The molecule has 1 aliphatic rings. The second kappa shape index (κ2) is 33.6. The number of aliphatic hydroxyl groups excluding tert-OH is 1. The first kappa shape index (κ1) is 63.4. The second-order valence-corrected chi connectivity index (χ2v) is 33.7. The molecule has 1 amide bonds.